The molecule has 0 aromatic heterocycles. The van der Waals surface area contributed by atoms with Gasteiger partial charge in [0.05, 0.1) is 0 Å². The Labute approximate surface area is 152 Å². The van der Waals surface area contributed by atoms with Gasteiger partial charge < -0.3 is 10.6 Å². The normalized spacial score (nSPS) is 14.4. The van der Waals surface area contributed by atoms with E-state index in [4.69, 9.17) is 0 Å². The third kappa shape index (κ3) is 3.67. The Morgan fingerprint density at radius 3 is 2.19 bits per heavy atom. The molecule has 0 radical (unpaired) electrons. The van der Waals surface area contributed by atoms with E-state index in [1.165, 1.54) is 6.92 Å². The average Bonchev–Trinajstić information content (AvgIpc) is 3.43. The Morgan fingerprint density at radius 2 is 1.62 bits per heavy atom. The molecule has 2 aromatic rings. The van der Waals surface area contributed by atoms with Crippen molar-refractivity contribution in [2.45, 2.75) is 33.2 Å². The van der Waals surface area contributed by atoms with Crippen LogP contribution < -0.4 is 10.6 Å². The summed E-state index contributed by atoms with van der Waals surface area (Å²) in [6, 6.07) is 14.5. The SMILES string of the molecule is CC(=O)c1ccc(NC(=O)C2(C(=O)NCc3ccccc3C)CC2)cc1. The van der Waals surface area contributed by atoms with E-state index in [9.17, 15) is 14.4 Å². The van der Waals surface area contributed by atoms with Gasteiger partial charge in [0, 0.05) is 17.8 Å². The Morgan fingerprint density at radius 1 is 0.962 bits per heavy atom. The molecule has 0 saturated heterocycles. The fourth-order valence-corrected chi connectivity index (χ4v) is 2.87. The summed E-state index contributed by atoms with van der Waals surface area (Å²) in [5, 5.41) is 5.68. The Balaban J connectivity index is 1.62. The summed E-state index contributed by atoms with van der Waals surface area (Å²) in [6.07, 6.45) is 1.09. The largest absolute Gasteiger partial charge is 0.351 e. The van der Waals surface area contributed by atoms with Gasteiger partial charge in [-0.15, -0.1) is 0 Å². The average molecular weight is 350 g/mol. The number of rotatable bonds is 6. The number of carbonyl (C=O) groups is 3. The summed E-state index contributed by atoms with van der Waals surface area (Å²) in [6.45, 7) is 3.89. The third-order valence-electron chi connectivity index (χ3n) is 4.87. The lowest BCUT2D eigenvalue weighted by molar-refractivity contribution is -0.134. The molecular formula is C21H22N2O3. The van der Waals surface area contributed by atoms with Crippen LogP contribution in [-0.4, -0.2) is 17.6 Å². The number of amides is 2. The van der Waals surface area contributed by atoms with Gasteiger partial charge in [-0.05, 0) is 62.1 Å². The lowest BCUT2D eigenvalue weighted by atomic mass is 10.0. The Kier molecular flexibility index (Phi) is 4.89. The van der Waals surface area contributed by atoms with Gasteiger partial charge in [0.15, 0.2) is 5.78 Å². The number of anilines is 1. The van der Waals surface area contributed by atoms with Crippen molar-refractivity contribution in [1.29, 1.82) is 0 Å². The lowest BCUT2D eigenvalue weighted by Gasteiger charge is -2.16. The quantitative estimate of drug-likeness (QED) is 0.620. The standard InChI is InChI=1S/C21H22N2O3/c1-14-5-3-4-6-17(14)13-22-19(25)21(11-12-21)20(26)23-18-9-7-16(8-10-18)15(2)24/h3-10H,11-13H2,1-2H3,(H,22,25)(H,23,26). The van der Waals surface area contributed by atoms with Gasteiger partial charge in [0.1, 0.15) is 5.41 Å². The molecule has 0 bridgehead atoms. The van der Waals surface area contributed by atoms with Crippen molar-refractivity contribution < 1.29 is 14.4 Å². The maximum atomic E-state index is 12.6. The van der Waals surface area contributed by atoms with E-state index in [1.54, 1.807) is 24.3 Å². The minimum absolute atomic E-state index is 0.0304. The molecule has 2 amide bonds. The molecule has 1 fully saturated rings. The number of benzene rings is 2. The third-order valence-corrected chi connectivity index (χ3v) is 4.87. The smallest absolute Gasteiger partial charge is 0.240 e. The van der Waals surface area contributed by atoms with Crippen LogP contribution in [0.2, 0.25) is 0 Å². The molecule has 0 heterocycles. The van der Waals surface area contributed by atoms with Gasteiger partial charge in [-0.1, -0.05) is 24.3 Å². The summed E-state index contributed by atoms with van der Waals surface area (Å²) in [5.74, 6) is -0.564. The topological polar surface area (TPSA) is 75.3 Å². The minimum atomic E-state index is -0.984. The number of Topliss-reactive ketones (excluding diaryl/α,β-unsaturated/α-hetero) is 1. The maximum absolute atomic E-state index is 12.6. The van der Waals surface area contributed by atoms with Crippen molar-refractivity contribution in [2.75, 3.05) is 5.32 Å². The molecule has 3 rings (SSSR count). The van der Waals surface area contributed by atoms with E-state index >= 15 is 0 Å². The van der Waals surface area contributed by atoms with Crippen molar-refractivity contribution in [3.63, 3.8) is 0 Å². The zero-order valence-corrected chi connectivity index (χ0v) is 15.0. The van der Waals surface area contributed by atoms with Crippen LogP contribution in [0.25, 0.3) is 0 Å². The van der Waals surface area contributed by atoms with E-state index < -0.39 is 5.41 Å². The molecule has 134 valence electrons. The first-order chi connectivity index (χ1) is 12.4. The van der Waals surface area contributed by atoms with Gasteiger partial charge in [-0.3, -0.25) is 14.4 Å². The van der Waals surface area contributed by atoms with Crippen LogP contribution in [0.15, 0.2) is 48.5 Å². The maximum Gasteiger partial charge on any atom is 0.240 e. The van der Waals surface area contributed by atoms with E-state index in [-0.39, 0.29) is 17.6 Å². The van der Waals surface area contributed by atoms with Gasteiger partial charge >= 0.3 is 0 Å². The summed E-state index contributed by atoms with van der Waals surface area (Å²) < 4.78 is 0. The molecule has 26 heavy (non-hydrogen) atoms. The first-order valence-electron chi connectivity index (χ1n) is 8.68. The van der Waals surface area contributed by atoms with E-state index in [0.29, 0.717) is 30.6 Å². The van der Waals surface area contributed by atoms with E-state index in [0.717, 1.165) is 11.1 Å². The number of carbonyl (C=O) groups excluding carboxylic acids is 3. The summed E-state index contributed by atoms with van der Waals surface area (Å²) >= 11 is 0. The molecule has 0 unspecified atom stereocenters. The predicted octanol–water partition coefficient (Wildman–Crippen LogP) is 3.23. The second kappa shape index (κ2) is 7.12. The molecule has 1 saturated carbocycles. The fourth-order valence-electron chi connectivity index (χ4n) is 2.87. The Bertz CT molecular complexity index is 852. The van der Waals surface area contributed by atoms with E-state index in [1.807, 2.05) is 31.2 Å². The monoisotopic (exact) mass is 350 g/mol. The molecule has 1 aliphatic rings. The molecule has 5 heteroatoms. The number of hydrogen-bond donors (Lipinski definition) is 2. The molecule has 0 atom stereocenters. The van der Waals surface area contributed by atoms with Crippen LogP contribution in [0, 0.1) is 12.3 Å². The highest BCUT2D eigenvalue weighted by Crippen LogP contribution is 2.46. The van der Waals surface area contributed by atoms with Gasteiger partial charge in [-0.25, -0.2) is 0 Å². The summed E-state index contributed by atoms with van der Waals surface area (Å²) in [7, 11) is 0. The van der Waals surface area contributed by atoms with Crippen molar-refractivity contribution in [3.8, 4) is 0 Å². The first-order valence-corrected chi connectivity index (χ1v) is 8.68. The Hall–Kier alpha value is -2.95. The highest BCUT2D eigenvalue weighted by molar-refractivity contribution is 6.13. The molecular weight excluding hydrogens is 328 g/mol. The van der Waals surface area contributed by atoms with Crippen molar-refractivity contribution in [3.05, 3.63) is 65.2 Å². The molecule has 2 aromatic carbocycles. The van der Waals surface area contributed by atoms with Crippen molar-refractivity contribution in [2.24, 2.45) is 5.41 Å². The van der Waals surface area contributed by atoms with Crippen molar-refractivity contribution in [1.82, 2.24) is 5.32 Å². The molecule has 1 aliphatic carbocycles. The van der Waals surface area contributed by atoms with Crippen molar-refractivity contribution >= 4 is 23.3 Å². The first kappa shape index (κ1) is 17.9. The van der Waals surface area contributed by atoms with Crippen LogP contribution in [0.3, 0.4) is 0 Å². The van der Waals surface area contributed by atoms with Gasteiger partial charge in [0.2, 0.25) is 11.8 Å². The van der Waals surface area contributed by atoms with Crippen LogP contribution in [0.4, 0.5) is 5.69 Å². The number of hydrogen-bond acceptors (Lipinski definition) is 3. The highest BCUT2D eigenvalue weighted by Gasteiger charge is 2.56. The molecule has 0 aliphatic heterocycles. The molecule has 0 spiro atoms. The van der Waals surface area contributed by atoms with E-state index in [2.05, 4.69) is 10.6 Å². The highest BCUT2D eigenvalue weighted by atomic mass is 16.2. The second-order valence-electron chi connectivity index (χ2n) is 6.78. The summed E-state index contributed by atoms with van der Waals surface area (Å²) in [5.41, 5.74) is 2.32. The fraction of sp³-hybridized carbons (Fsp3) is 0.286. The van der Waals surface area contributed by atoms with Crippen LogP contribution in [0.1, 0.15) is 41.3 Å². The zero-order chi connectivity index (χ0) is 18.7. The van der Waals surface area contributed by atoms with Crippen LogP contribution in [0.5, 0.6) is 0 Å². The number of nitrogens with one attached hydrogen (secondary N) is 2. The molecule has 2 N–H and O–H groups in total. The number of ketones is 1. The van der Waals surface area contributed by atoms with Crippen LogP contribution in [-0.2, 0) is 16.1 Å². The number of aryl methyl sites for hydroxylation is 1. The van der Waals surface area contributed by atoms with Gasteiger partial charge in [-0.2, -0.15) is 0 Å². The van der Waals surface area contributed by atoms with Crippen LogP contribution >= 0.6 is 0 Å². The molecule has 5 nitrogen and oxygen atoms in total. The summed E-state index contributed by atoms with van der Waals surface area (Å²) in [4.78, 5) is 36.5. The predicted molar refractivity (Wildman–Crippen MR) is 99.8 cm³/mol. The zero-order valence-electron chi connectivity index (χ0n) is 15.0. The second-order valence-corrected chi connectivity index (χ2v) is 6.78. The minimum Gasteiger partial charge on any atom is -0.351 e. The lowest BCUT2D eigenvalue weighted by Crippen LogP contribution is -2.39. The van der Waals surface area contributed by atoms with Gasteiger partial charge in [0.25, 0.3) is 0 Å².